The first-order valence-electron chi connectivity index (χ1n) is 5.50. The molecule has 6 heteroatoms. The molecule has 2 rings (SSSR count). The van der Waals surface area contributed by atoms with Crippen molar-refractivity contribution in [2.75, 3.05) is 19.6 Å². The number of nitrogens with two attached hydrogens (primary N) is 1. The molecular formula is C11H15ClN2O2S. The smallest absolute Gasteiger partial charge is 0.244 e. The van der Waals surface area contributed by atoms with Gasteiger partial charge in [0.15, 0.2) is 0 Å². The Balaban J connectivity index is 2.29. The fourth-order valence-electron chi connectivity index (χ4n) is 2.00. The van der Waals surface area contributed by atoms with E-state index in [1.54, 1.807) is 18.2 Å². The fraction of sp³-hybridized carbons (Fsp3) is 0.455. The minimum absolute atomic E-state index is 0.180. The highest BCUT2D eigenvalue weighted by Crippen LogP contribution is 2.28. The van der Waals surface area contributed by atoms with Crippen LogP contribution in [-0.4, -0.2) is 32.4 Å². The quantitative estimate of drug-likeness (QED) is 0.904. The van der Waals surface area contributed by atoms with E-state index >= 15 is 0 Å². The molecule has 94 valence electrons. The molecule has 1 aliphatic heterocycles. The molecule has 0 saturated carbocycles. The molecule has 1 saturated heterocycles. The molecule has 0 unspecified atom stereocenters. The van der Waals surface area contributed by atoms with Crippen molar-refractivity contribution in [2.45, 2.75) is 11.3 Å². The van der Waals surface area contributed by atoms with Crippen molar-refractivity contribution in [3.63, 3.8) is 0 Å². The SMILES string of the molecule is NC[C@H]1CCN(S(=O)(=O)c2ccccc2Cl)C1. The molecule has 1 atom stereocenters. The van der Waals surface area contributed by atoms with Crippen molar-refractivity contribution in [3.05, 3.63) is 29.3 Å². The average molecular weight is 275 g/mol. The predicted octanol–water partition coefficient (Wildman–Crippen LogP) is 1.31. The Morgan fingerprint density at radius 1 is 1.41 bits per heavy atom. The molecule has 17 heavy (non-hydrogen) atoms. The summed E-state index contributed by atoms with van der Waals surface area (Å²) in [6.07, 6.45) is 0.820. The second-order valence-corrected chi connectivity index (χ2v) is 6.50. The van der Waals surface area contributed by atoms with Crippen LogP contribution in [0.1, 0.15) is 6.42 Å². The van der Waals surface area contributed by atoms with Gasteiger partial charge in [0.25, 0.3) is 0 Å². The molecular weight excluding hydrogens is 260 g/mol. The van der Waals surface area contributed by atoms with Gasteiger partial charge >= 0.3 is 0 Å². The zero-order valence-corrected chi connectivity index (χ0v) is 10.9. The number of halogens is 1. The van der Waals surface area contributed by atoms with Crippen LogP contribution in [0.2, 0.25) is 5.02 Å². The summed E-state index contributed by atoms with van der Waals surface area (Å²) in [4.78, 5) is 0.180. The lowest BCUT2D eigenvalue weighted by Gasteiger charge is -2.17. The Labute approximate surface area is 106 Å². The van der Waals surface area contributed by atoms with E-state index in [-0.39, 0.29) is 15.8 Å². The van der Waals surface area contributed by atoms with E-state index in [1.807, 2.05) is 0 Å². The molecule has 0 amide bonds. The average Bonchev–Trinajstić information content (AvgIpc) is 2.78. The van der Waals surface area contributed by atoms with Crippen LogP contribution in [0, 0.1) is 5.92 Å². The highest BCUT2D eigenvalue weighted by atomic mass is 35.5. The van der Waals surface area contributed by atoms with Crippen LogP contribution in [0.25, 0.3) is 0 Å². The lowest BCUT2D eigenvalue weighted by Crippen LogP contribution is -2.30. The van der Waals surface area contributed by atoms with Crippen molar-refractivity contribution in [1.82, 2.24) is 4.31 Å². The van der Waals surface area contributed by atoms with E-state index in [2.05, 4.69) is 0 Å². The van der Waals surface area contributed by atoms with E-state index in [0.717, 1.165) is 6.42 Å². The molecule has 0 aliphatic carbocycles. The van der Waals surface area contributed by atoms with E-state index in [4.69, 9.17) is 17.3 Å². The van der Waals surface area contributed by atoms with Crippen molar-refractivity contribution in [1.29, 1.82) is 0 Å². The summed E-state index contributed by atoms with van der Waals surface area (Å²) in [5.74, 6) is 0.257. The number of nitrogens with zero attached hydrogens (tertiary/aromatic N) is 1. The summed E-state index contributed by atoms with van der Waals surface area (Å²) < 4.78 is 26.1. The summed E-state index contributed by atoms with van der Waals surface area (Å²) in [7, 11) is -3.47. The van der Waals surface area contributed by atoms with E-state index < -0.39 is 10.0 Å². The Morgan fingerprint density at radius 3 is 2.71 bits per heavy atom. The summed E-state index contributed by atoms with van der Waals surface area (Å²) >= 11 is 5.93. The Morgan fingerprint density at radius 2 is 2.12 bits per heavy atom. The lowest BCUT2D eigenvalue weighted by molar-refractivity contribution is 0.459. The van der Waals surface area contributed by atoms with Gasteiger partial charge in [0, 0.05) is 13.1 Å². The topological polar surface area (TPSA) is 63.4 Å². The van der Waals surface area contributed by atoms with E-state index in [9.17, 15) is 8.42 Å². The van der Waals surface area contributed by atoms with Gasteiger partial charge < -0.3 is 5.73 Å². The summed E-state index contributed by atoms with van der Waals surface area (Å²) in [5.41, 5.74) is 5.56. The van der Waals surface area contributed by atoms with Crippen molar-refractivity contribution >= 4 is 21.6 Å². The number of hydrogen-bond donors (Lipinski definition) is 1. The second kappa shape index (κ2) is 4.94. The predicted molar refractivity (Wildman–Crippen MR) is 67.4 cm³/mol. The monoisotopic (exact) mass is 274 g/mol. The first kappa shape index (κ1) is 12.8. The lowest BCUT2D eigenvalue weighted by atomic mass is 10.1. The summed E-state index contributed by atoms with van der Waals surface area (Å²) in [6, 6.07) is 6.52. The molecule has 1 aliphatic rings. The first-order valence-corrected chi connectivity index (χ1v) is 7.32. The molecule has 1 aromatic rings. The van der Waals surface area contributed by atoms with Crippen LogP contribution in [-0.2, 0) is 10.0 Å². The van der Waals surface area contributed by atoms with Gasteiger partial charge in [-0.2, -0.15) is 4.31 Å². The molecule has 4 nitrogen and oxygen atoms in total. The zero-order valence-electron chi connectivity index (χ0n) is 9.34. The van der Waals surface area contributed by atoms with Crippen LogP contribution in [0.15, 0.2) is 29.2 Å². The molecule has 0 bridgehead atoms. The van der Waals surface area contributed by atoms with Crippen molar-refractivity contribution < 1.29 is 8.42 Å². The van der Waals surface area contributed by atoms with Gasteiger partial charge in [-0.25, -0.2) is 8.42 Å². The van der Waals surface area contributed by atoms with Gasteiger partial charge in [-0.05, 0) is 31.0 Å². The first-order chi connectivity index (χ1) is 8.05. The highest BCUT2D eigenvalue weighted by molar-refractivity contribution is 7.89. The maximum atomic E-state index is 12.3. The van der Waals surface area contributed by atoms with Gasteiger partial charge in [-0.1, -0.05) is 23.7 Å². The number of sulfonamides is 1. The molecule has 1 aromatic carbocycles. The minimum Gasteiger partial charge on any atom is -0.330 e. The van der Waals surface area contributed by atoms with Crippen LogP contribution >= 0.6 is 11.6 Å². The minimum atomic E-state index is -3.47. The third-order valence-electron chi connectivity index (χ3n) is 3.04. The van der Waals surface area contributed by atoms with Crippen molar-refractivity contribution in [2.24, 2.45) is 11.7 Å². The Bertz CT molecular complexity index is 504. The largest absolute Gasteiger partial charge is 0.330 e. The van der Waals surface area contributed by atoms with Gasteiger partial charge in [-0.15, -0.1) is 0 Å². The maximum Gasteiger partial charge on any atom is 0.244 e. The fourth-order valence-corrected chi connectivity index (χ4v) is 4.03. The van der Waals surface area contributed by atoms with Gasteiger partial charge in [-0.3, -0.25) is 0 Å². The third kappa shape index (κ3) is 2.47. The summed E-state index contributed by atoms with van der Waals surface area (Å²) in [6.45, 7) is 1.54. The molecule has 0 radical (unpaired) electrons. The Hall–Kier alpha value is -0.620. The van der Waals surface area contributed by atoms with Crippen LogP contribution in [0.3, 0.4) is 0 Å². The van der Waals surface area contributed by atoms with Gasteiger partial charge in [0.05, 0.1) is 5.02 Å². The molecule has 1 heterocycles. The van der Waals surface area contributed by atoms with Gasteiger partial charge in [0.1, 0.15) is 4.90 Å². The molecule has 2 N–H and O–H groups in total. The normalized spacial score (nSPS) is 21.9. The van der Waals surface area contributed by atoms with Crippen LogP contribution in [0.5, 0.6) is 0 Å². The van der Waals surface area contributed by atoms with E-state index in [1.165, 1.54) is 10.4 Å². The van der Waals surface area contributed by atoms with Crippen molar-refractivity contribution in [3.8, 4) is 0 Å². The second-order valence-electron chi connectivity index (χ2n) is 4.18. The van der Waals surface area contributed by atoms with Gasteiger partial charge in [0.2, 0.25) is 10.0 Å². The standard InChI is InChI=1S/C11H15ClN2O2S/c12-10-3-1-2-4-11(10)17(15,16)14-6-5-9(7-13)8-14/h1-4,9H,5-8,13H2/t9-/m1/s1. The highest BCUT2D eigenvalue weighted by Gasteiger charge is 2.32. The number of rotatable bonds is 3. The van der Waals surface area contributed by atoms with Crippen LogP contribution < -0.4 is 5.73 Å². The molecule has 1 fully saturated rings. The Kier molecular flexibility index (Phi) is 3.73. The molecule has 0 spiro atoms. The zero-order chi connectivity index (χ0) is 12.5. The summed E-state index contributed by atoms with van der Waals surface area (Å²) in [5, 5.41) is 0.267. The number of benzene rings is 1. The molecule has 0 aromatic heterocycles. The third-order valence-corrected chi connectivity index (χ3v) is 5.40. The maximum absolute atomic E-state index is 12.3. The van der Waals surface area contributed by atoms with E-state index in [0.29, 0.717) is 19.6 Å². The number of hydrogen-bond acceptors (Lipinski definition) is 3. The van der Waals surface area contributed by atoms with Crippen LogP contribution in [0.4, 0.5) is 0 Å².